The smallest absolute Gasteiger partial charge is 0.371 e. The van der Waals surface area contributed by atoms with Crippen LogP contribution in [-0.2, 0) is 0 Å². The van der Waals surface area contributed by atoms with E-state index in [1.165, 1.54) is 12.1 Å². The highest BCUT2D eigenvalue weighted by atomic mass is 16.5. The molecule has 0 amide bonds. The fourth-order valence-electron chi connectivity index (χ4n) is 1.85. The van der Waals surface area contributed by atoms with Gasteiger partial charge in [-0.25, -0.2) is 4.79 Å². The van der Waals surface area contributed by atoms with Crippen LogP contribution in [0.5, 0.6) is 5.75 Å². The van der Waals surface area contributed by atoms with Crippen molar-refractivity contribution in [2.45, 2.75) is 19.3 Å². The number of carbonyl (C=O) groups is 1. The maximum Gasteiger partial charge on any atom is 0.371 e. The summed E-state index contributed by atoms with van der Waals surface area (Å²) in [4.78, 5) is 10.8. The van der Waals surface area contributed by atoms with Crippen molar-refractivity contribution in [2.24, 2.45) is 0 Å². The highest BCUT2D eigenvalue weighted by Gasteiger charge is 2.17. The highest BCUT2D eigenvalue weighted by Crippen LogP contribution is 2.22. The van der Waals surface area contributed by atoms with Gasteiger partial charge in [0, 0.05) is 6.42 Å². The van der Waals surface area contributed by atoms with E-state index in [0.717, 1.165) is 11.3 Å². The third-order valence-electron chi connectivity index (χ3n) is 3.03. The third-order valence-corrected chi connectivity index (χ3v) is 3.03. The van der Waals surface area contributed by atoms with E-state index in [1.54, 1.807) is 0 Å². The predicted octanol–water partition coefficient (Wildman–Crippen LogP) is 3.36. The molecule has 1 aromatic carbocycles. The molecule has 1 atom stereocenters. The van der Waals surface area contributed by atoms with Crippen LogP contribution >= 0.6 is 0 Å². The Labute approximate surface area is 122 Å². The Balaban J connectivity index is 1.92. The Bertz CT molecular complexity index is 652. The van der Waals surface area contributed by atoms with Gasteiger partial charge in [0.25, 0.3) is 0 Å². The van der Waals surface area contributed by atoms with Gasteiger partial charge in [-0.3, -0.25) is 0 Å². The van der Waals surface area contributed by atoms with E-state index in [-0.39, 0.29) is 5.76 Å². The van der Waals surface area contributed by atoms with Crippen molar-refractivity contribution in [3.63, 3.8) is 0 Å². The van der Waals surface area contributed by atoms with Gasteiger partial charge in [-0.15, -0.1) is 0 Å². The second-order valence-electron chi connectivity index (χ2n) is 4.64. The maximum absolute atomic E-state index is 10.8. The molecule has 1 unspecified atom stereocenters. The average molecular weight is 285 g/mol. The second kappa shape index (κ2) is 6.62. The molecule has 1 N–H and O–H groups in total. The van der Waals surface area contributed by atoms with E-state index < -0.39 is 11.9 Å². The molecule has 108 valence electrons. The molecule has 0 saturated heterocycles. The lowest BCUT2D eigenvalue weighted by Gasteiger charge is -2.08. The summed E-state index contributed by atoms with van der Waals surface area (Å²) in [6.07, 6.45) is 0.428. The second-order valence-corrected chi connectivity index (χ2v) is 4.64. The lowest BCUT2D eigenvalue weighted by Crippen LogP contribution is -2.04. The number of carboxylic acids is 1. The van der Waals surface area contributed by atoms with Crippen LogP contribution in [0.3, 0.4) is 0 Å². The predicted molar refractivity (Wildman–Crippen MR) is 75.3 cm³/mol. The van der Waals surface area contributed by atoms with Gasteiger partial charge in [0.2, 0.25) is 5.76 Å². The van der Waals surface area contributed by atoms with Crippen LogP contribution in [0.2, 0.25) is 0 Å². The molecule has 0 radical (unpaired) electrons. The van der Waals surface area contributed by atoms with E-state index in [0.29, 0.717) is 18.8 Å². The fraction of sp³-hybridized carbons (Fsp3) is 0.250. The molecule has 0 aliphatic heterocycles. The largest absolute Gasteiger partial charge is 0.494 e. The molecule has 0 saturated carbocycles. The van der Waals surface area contributed by atoms with Crippen molar-refractivity contribution >= 4 is 5.97 Å². The molecule has 0 fully saturated rings. The number of nitrogens with zero attached hydrogens (tertiary/aromatic N) is 1. The van der Waals surface area contributed by atoms with Crippen LogP contribution < -0.4 is 4.74 Å². The van der Waals surface area contributed by atoms with E-state index in [4.69, 9.17) is 19.5 Å². The van der Waals surface area contributed by atoms with Gasteiger partial charge in [-0.05, 0) is 31.2 Å². The molecule has 0 aliphatic carbocycles. The third kappa shape index (κ3) is 3.86. The summed E-state index contributed by atoms with van der Waals surface area (Å²) in [5.74, 6) is -0.743. The van der Waals surface area contributed by atoms with Crippen LogP contribution in [0.25, 0.3) is 0 Å². The standard InChI is InChI=1S/C16H15NO4/c1-11-2-4-13(5-3-11)20-9-8-12(10-17)14-6-7-15(21-14)16(18)19/h2-7,12H,8-9H2,1H3,(H,18,19). The Kier molecular flexibility index (Phi) is 4.62. The van der Waals surface area contributed by atoms with Gasteiger partial charge in [-0.2, -0.15) is 5.26 Å². The summed E-state index contributed by atoms with van der Waals surface area (Å²) in [5, 5.41) is 17.9. The van der Waals surface area contributed by atoms with Gasteiger partial charge in [0.1, 0.15) is 17.4 Å². The number of aromatic carboxylic acids is 1. The molecule has 1 heterocycles. The normalized spacial score (nSPS) is 11.6. The first-order valence-electron chi connectivity index (χ1n) is 6.52. The molecular weight excluding hydrogens is 270 g/mol. The van der Waals surface area contributed by atoms with Gasteiger partial charge in [-0.1, -0.05) is 17.7 Å². The SMILES string of the molecule is Cc1ccc(OCCC(C#N)c2ccc(C(=O)O)o2)cc1. The van der Waals surface area contributed by atoms with Crippen LogP contribution in [-0.4, -0.2) is 17.7 Å². The Morgan fingerprint density at radius 1 is 1.33 bits per heavy atom. The van der Waals surface area contributed by atoms with Gasteiger partial charge in [0.05, 0.1) is 12.7 Å². The van der Waals surface area contributed by atoms with Crippen molar-refractivity contribution in [2.75, 3.05) is 6.61 Å². The minimum absolute atomic E-state index is 0.162. The number of hydrogen-bond donors (Lipinski definition) is 1. The number of aryl methyl sites for hydroxylation is 1. The highest BCUT2D eigenvalue weighted by molar-refractivity contribution is 5.84. The van der Waals surface area contributed by atoms with Crippen LogP contribution in [0.1, 0.15) is 34.2 Å². The molecular formula is C16H15NO4. The van der Waals surface area contributed by atoms with Crippen molar-refractivity contribution in [3.05, 3.63) is 53.5 Å². The summed E-state index contributed by atoms with van der Waals surface area (Å²) in [5.41, 5.74) is 1.15. The van der Waals surface area contributed by atoms with Gasteiger partial charge in [0.15, 0.2) is 0 Å². The van der Waals surface area contributed by atoms with Crippen molar-refractivity contribution < 1.29 is 19.1 Å². The number of ether oxygens (including phenoxy) is 1. The molecule has 1 aromatic heterocycles. The van der Waals surface area contributed by atoms with Crippen LogP contribution in [0.15, 0.2) is 40.8 Å². The number of benzene rings is 1. The van der Waals surface area contributed by atoms with Gasteiger partial charge >= 0.3 is 5.97 Å². The number of rotatable bonds is 6. The number of carboxylic acid groups (broad SMARTS) is 1. The molecule has 0 aliphatic rings. The van der Waals surface area contributed by atoms with E-state index in [1.807, 2.05) is 31.2 Å². The number of nitriles is 1. The van der Waals surface area contributed by atoms with Crippen molar-refractivity contribution in [1.29, 1.82) is 5.26 Å². The summed E-state index contributed by atoms with van der Waals surface area (Å²) in [6, 6.07) is 12.6. The molecule has 2 rings (SSSR count). The summed E-state index contributed by atoms with van der Waals surface area (Å²) in [6.45, 7) is 2.34. The van der Waals surface area contributed by atoms with Gasteiger partial charge < -0.3 is 14.3 Å². The molecule has 5 heteroatoms. The van der Waals surface area contributed by atoms with Crippen LogP contribution in [0.4, 0.5) is 0 Å². The average Bonchev–Trinajstić information content (AvgIpc) is 2.95. The molecule has 2 aromatic rings. The molecule has 0 spiro atoms. The van der Waals surface area contributed by atoms with Crippen LogP contribution in [0, 0.1) is 18.3 Å². The lowest BCUT2D eigenvalue weighted by atomic mass is 10.1. The summed E-state index contributed by atoms with van der Waals surface area (Å²) >= 11 is 0. The quantitative estimate of drug-likeness (QED) is 0.879. The van der Waals surface area contributed by atoms with Crippen molar-refractivity contribution in [3.8, 4) is 11.8 Å². The molecule has 21 heavy (non-hydrogen) atoms. The Hall–Kier alpha value is -2.74. The maximum atomic E-state index is 10.8. The molecule has 0 bridgehead atoms. The topological polar surface area (TPSA) is 83.5 Å². The van der Waals surface area contributed by atoms with Crippen molar-refractivity contribution in [1.82, 2.24) is 0 Å². The zero-order valence-electron chi connectivity index (χ0n) is 11.6. The Morgan fingerprint density at radius 2 is 2.05 bits per heavy atom. The van der Waals surface area contributed by atoms with E-state index in [9.17, 15) is 4.79 Å². The first-order chi connectivity index (χ1) is 10.1. The Morgan fingerprint density at radius 3 is 2.62 bits per heavy atom. The minimum atomic E-state index is -1.14. The zero-order chi connectivity index (χ0) is 15.2. The summed E-state index contributed by atoms with van der Waals surface area (Å²) in [7, 11) is 0. The minimum Gasteiger partial charge on any atom is -0.494 e. The number of furan rings is 1. The summed E-state index contributed by atoms with van der Waals surface area (Å²) < 4.78 is 10.7. The monoisotopic (exact) mass is 285 g/mol. The zero-order valence-corrected chi connectivity index (χ0v) is 11.6. The fourth-order valence-corrected chi connectivity index (χ4v) is 1.85. The molecule has 5 nitrogen and oxygen atoms in total. The number of hydrogen-bond acceptors (Lipinski definition) is 4. The first-order valence-corrected chi connectivity index (χ1v) is 6.52. The van der Waals surface area contributed by atoms with E-state index in [2.05, 4.69) is 6.07 Å². The first kappa shape index (κ1) is 14.7. The van der Waals surface area contributed by atoms with E-state index >= 15 is 0 Å². The lowest BCUT2D eigenvalue weighted by molar-refractivity contribution is 0.0660.